The van der Waals surface area contributed by atoms with Crippen LogP contribution in [0, 0.1) is 6.92 Å². The summed E-state index contributed by atoms with van der Waals surface area (Å²) in [5, 5.41) is 0. The minimum absolute atomic E-state index is 0.334. The van der Waals surface area contributed by atoms with Crippen molar-refractivity contribution in [1.82, 2.24) is 0 Å². The maximum absolute atomic E-state index is 11.7. The Morgan fingerprint density at radius 3 is 2.89 bits per heavy atom. The molecule has 1 heterocycles. The minimum Gasteiger partial charge on any atom is -0.466 e. The Balaban J connectivity index is 1.91. The Bertz CT molecular complexity index is 532. The van der Waals surface area contributed by atoms with Gasteiger partial charge in [0, 0.05) is 5.56 Å². The van der Waals surface area contributed by atoms with Crippen LogP contribution in [-0.2, 0) is 14.3 Å². The number of hydrogen-bond acceptors (Lipinski definition) is 4. The van der Waals surface area contributed by atoms with E-state index in [1.165, 1.54) is 7.11 Å². The number of carbonyl (C=O) groups is 1. The van der Waals surface area contributed by atoms with E-state index in [0.717, 1.165) is 24.0 Å². The Labute approximate surface area is 106 Å². The predicted octanol–water partition coefficient (Wildman–Crippen LogP) is 1.85. The number of benzene rings is 1. The number of methoxy groups -OCH3 is 1. The third-order valence-electron chi connectivity index (χ3n) is 3.48. The number of carbonyl (C=O) groups excluding carboxylic acids is 1. The van der Waals surface area contributed by atoms with Gasteiger partial charge in [0.25, 0.3) is 0 Å². The summed E-state index contributed by atoms with van der Waals surface area (Å²) in [5.74, 6) is 0.227. The molecule has 3 rings (SSSR count). The van der Waals surface area contributed by atoms with Gasteiger partial charge in [0.1, 0.15) is 5.54 Å². The fraction of sp³-hybridized carbons (Fsp3) is 0.429. The van der Waals surface area contributed by atoms with Gasteiger partial charge in [-0.3, -0.25) is 0 Å². The summed E-state index contributed by atoms with van der Waals surface area (Å²) in [6, 6.07) is 7.93. The lowest BCUT2D eigenvalue weighted by atomic mass is 10.1. The summed E-state index contributed by atoms with van der Waals surface area (Å²) in [4.78, 5) is 16.3. The fourth-order valence-electron chi connectivity index (χ4n) is 2.30. The molecule has 0 radical (unpaired) electrons. The molecule has 1 aromatic rings. The van der Waals surface area contributed by atoms with Gasteiger partial charge < -0.3 is 9.47 Å². The second kappa shape index (κ2) is 3.83. The van der Waals surface area contributed by atoms with E-state index in [0.29, 0.717) is 5.90 Å². The van der Waals surface area contributed by atoms with E-state index < -0.39 is 6.10 Å². The fourth-order valence-corrected chi connectivity index (χ4v) is 2.30. The highest BCUT2D eigenvalue weighted by molar-refractivity contribution is 5.99. The minimum atomic E-state index is -0.571. The normalized spacial score (nSPS) is 23.4. The average Bonchev–Trinajstić information content (AvgIpc) is 3.02. The first kappa shape index (κ1) is 11.3. The molecule has 1 aliphatic heterocycles. The molecule has 0 N–H and O–H groups in total. The molecule has 0 aromatic heterocycles. The molecule has 0 bridgehead atoms. The monoisotopic (exact) mass is 245 g/mol. The van der Waals surface area contributed by atoms with Gasteiger partial charge in [0.15, 0.2) is 0 Å². The van der Waals surface area contributed by atoms with Crippen LogP contribution in [-0.4, -0.2) is 30.6 Å². The molecule has 18 heavy (non-hydrogen) atoms. The predicted molar refractivity (Wildman–Crippen MR) is 66.6 cm³/mol. The van der Waals surface area contributed by atoms with E-state index >= 15 is 0 Å². The lowest BCUT2D eigenvalue weighted by Gasteiger charge is -2.13. The van der Waals surface area contributed by atoms with Crippen LogP contribution in [0.5, 0.6) is 0 Å². The van der Waals surface area contributed by atoms with Crippen LogP contribution < -0.4 is 0 Å². The molecule has 1 aliphatic carbocycles. The maximum atomic E-state index is 11.7. The van der Waals surface area contributed by atoms with Gasteiger partial charge >= 0.3 is 5.97 Å². The summed E-state index contributed by atoms with van der Waals surface area (Å²) in [5.41, 5.74) is 1.71. The number of esters is 1. The van der Waals surface area contributed by atoms with Crippen molar-refractivity contribution in [1.29, 1.82) is 0 Å². The number of ether oxygens (including phenoxy) is 2. The van der Waals surface area contributed by atoms with Crippen LogP contribution >= 0.6 is 0 Å². The lowest BCUT2D eigenvalue weighted by molar-refractivity contribution is -0.149. The first-order valence-corrected chi connectivity index (χ1v) is 6.06. The number of nitrogens with zero attached hydrogens (tertiary/aromatic N) is 1. The van der Waals surface area contributed by atoms with Crippen LogP contribution in [0.15, 0.2) is 29.3 Å². The van der Waals surface area contributed by atoms with Gasteiger partial charge in [-0.1, -0.05) is 17.7 Å². The summed E-state index contributed by atoms with van der Waals surface area (Å²) in [7, 11) is 1.38. The second-order valence-corrected chi connectivity index (χ2v) is 4.91. The highest BCUT2D eigenvalue weighted by Gasteiger charge is 2.59. The molecule has 1 spiro atoms. The lowest BCUT2D eigenvalue weighted by Crippen LogP contribution is -2.34. The number of aliphatic imine (C=N–C) groups is 1. The first-order chi connectivity index (χ1) is 8.64. The Hall–Kier alpha value is -1.84. The Morgan fingerprint density at radius 2 is 2.28 bits per heavy atom. The molecule has 0 amide bonds. The zero-order valence-corrected chi connectivity index (χ0v) is 10.5. The van der Waals surface area contributed by atoms with Crippen molar-refractivity contribution in [3.8, 4) is 0 Å². The Morgan fingerprint density at radius 1 is 1.50 bits per heavy atom. The van der Waals surface area contributed by atoms with Crippen LogP contribution in [0.25, 0.3) is 0 Å². The smallest absolute Gasteiger partial charge is 0.349 e. The largest absolute Gasteiger partial charge is 0.466 e. The van der Waals surface area contributed by atoms with Gasteiger partial charge in [-0.2, -0.15) is 0 Å². The third-order valence-corrected chi connectivity index (χ3v) is 3.48. The second-order valence-electron chi connectivity index (χ2n) is 4.91. The topological polar surface area (TPSA) is 47.9 Å². The SMILES string of the molecule is COC(=O)C1OC(c2cccc(C)c2)=NC12CC2. The number of hydrogen-bond donors (Lipinski definition) is 0. The molecule has 1 fully saturated rings. The van der Waals surface area contributed by atoms with Gasteiger partial charge in [-0.15, -0.1) is 0 Å². The number of rotatable bonds is 2. The third kappa shape index (κ3) is 1.68. The van der Waals surface area contributed by atoms with Crippen LogP contribution in [0.4, 0.5) is 0 Å². The zero-order chi connectivity index (χ0) is 12.8. The molecule has 4 nitrogen and oxygen atoms in total. The van der Waals surface area contributed by atoms with E-state index in [1.54, 1.807) is 0 Å². The average molecular weight is 245 g/mol. The summed E-state index contributed by atoms with van der Waals surface area (Å²) in [6.07, 6.45) is 1.21. The molecule has 2 aliphatic rings. The molecule has 1 aromatic carbocycles. The van der Waals surface area contributed by atoms with Gasteiger partial charge in [-0.25, -0.2) is 9.79 Å². The molecular formula is C14H15NO3. The van der Waals surface area contributed by atoms with Crippen molar-refractivity contribution in [2.24, 2.45) is 4.99 Å². The molecular weight excluding hydrogens is 230 g/mol. The van der Waals surface area contributed by atoms with E-state index in [-0.39, 0.29) is 11.5 Å². The van der Waals surface area contributed by atoms with Gasteiger partial charge in [0.05, 0.1) is 7.11 Å². The quantitative estimate of drug-likeness (QED) is 0.747. The molecule has 1 atom stereocenters. The summed E-state index contributed by atoms with van der Waals surface area (Å²) >= 11 is 0. The summed E-state index contributed by atoms with van der Waals surface area (Å²) in [6.45, 7) is 2.02. The van der Waals surface area contributed by atoms with Crippen LogP contribution in [0.2, 0.25) is 0 Å². The van der Waals surface area contributed by atoms with Gasteiger partial charge in [-0.05, 0) is 31.9 Å². The maximum Gasteiger partial charge on any atom is 0.349 e. The van der Waals surface area contributed by atoms with E-state index in [2.05, 4.69) is 4.99 Å². The van der Waals surface area contributed by atoms with Gasteiger partial charge in [0.2, 0.25) is 12.0 Å². The zero-order valence-electron chi connectivity index (χ0n) is 10.5. The van der Waals surface area contributed by atoms with Crippen LogP contribution in [0.3, 0.4) is 0 Å². The van der Waals surface area contributed by atoms with E-state index in [4.69, 9.17) is 9.47 Å². The molecule has 0 saturated heterocycles. The standard InChI is InChI=1S/C14H15NO3/c1-9-4-3-5-10(8-9)12-15-14(6-7-14)11(18-12)13(16)17-2/h3-5,8,11H,6-7H2,1-2H3. The van der Waals surface area contributed by atoms with Crippen molar-refractivity contribution >= 4 is 11.9 Å². The Kier molecular flexibility index (Phi) is 2.40. The van der Waals surface area contributed by atoms with E-state index in [9.17, 15) is 4.79 Å². The highest BCUT2D eigenvalue weighted by Crippen LogP contribution is 2.48. The molecule has 94 valence electrons. The van der Waals surface area contributed by atoms with Crippen molar-refractivity contribution in [2.75, 3.05) is 7.11 Å². The molecule has 1 saturated carbocycles. The van der Waals surface area contributed by atoms with Crippen molar-refractivity contribution in [3.05, 3.63) is 35.4 Å². The van der Waals surface area contributed by atoms with Crippen molar-refractivity contribution in [2.45, 2.75) is 31.4 Å². The summed E-state index contributed by atoms with van der Waals surface area (Å²) < 4.78 is 10.5. The van der Waals surface area contributed by atoms with Crippen molar-refractivity contribution in [3.63, 3.8) is 0 Å². The highest BCUT2D eigenvalue weighted by atomic mass is 16.6. The molecule has 1 unspecified atom stereocenters. The van der Waals surface area contributed by atoms with Crippen molar-refractivity contribution < 1.29 is 14.3 Å². The number of aryl methyl sites for hydroxylation is 1. The molecule has 4 heteroatoms. The van der Waals surface area contributed by atoms with E-state index in [1.807, 2.05) is 31.2 Å². The van der Waals surface area contributed by atoms with Crippen LogP contribution in [0.1, 0.15) is 24.0 Å². The first-order valence-electron chi connectivity index (χ1n) is 6.06.